The topological polar surface area (TPSA) is 481 Å². The number of hydrogen-bond donors (Lipinski definition) is 16. The number of nitrogens with one attached hydrogen (secondary N) is 6. The summed E-state index contributed by atoms with van der Waals surface area (Å²) in [6.45, 7) is 8.58. The van der Waals surface area contributed by atoms with Crippen LogP contribution in [0.3, 0.4) is 0 Å². The highest BCUT2D eigenvalue weighted by atomic mass is 35.5. The predicted molar refractivity (Wildman–Crippen MR) is 446 cm³/mol. The number of nitrogens with two attached hydrogens (primary N) is 1. The van der Waals surface area contributed by atoms with Crippen LogP contribution in [0.2, 0.25) is 10.0 Å². The fraction of sp³-hybridized carbons (Fsp3) is 0.506. The third kappa shape index (κ3) is 19.7. The van der Waals surface area contributed by atoms with Gasteiger partial charge in [-0.1, -0.05) is 62.2 Å². The number of aromatic hydroxyl groups is 3. The van der Waals surface area contributed by atoms with Gasteiger partial charge >= 0.3 is 0 Å². The molecular weight excluding hydrogens is 1650 g/mol. The molecule has 7 aliphatic heterocycles. The van der Waals surface area contributed by atoms with Gasteiger partial charge in [-0.3, -0.25) is 43.1 Å². The molecule has 17 N–H and O–H groups in total. The molecule has 17 rings (SSSR count). The molecule has 6 aromatic rings. The van der Waals surface area contributed by atoms with Gasteiger partial charge in [0, 0.05) is 72.2 Å². The van der Waals surface area contributed by atoms with Crippen LogP contribution >= 0.6 is 35.1 Å². The first kappa shape index (κ1) is 90.0. The molecular formula is C89H105Cl2N7O24S. The predicted octanol–water partition coefficient (Wildman–Crippen LogP) is 8.40. The van der Waals surface area contributed by atoms with Crippen LogP contribution in [-0.2, 0) is 52.6 Å². The lowest BCUT2D eigenvalue weighted by Gasteiger charge is -2.54. The lowest BCUT2D eigenvalue weighted by molar-refractivity contribution is -0.333. The van der Waals surface area contributed by atoms with Gasteiger partial charge in [0.15, 0.2) is 41.2 Å². The van der Waals surface area contributed by atoms with Crippen molar-refractivity contribution in [3.05, 3.63) is 141 Å². The van der Waals surface area contributed by atoms with Gasteiger partial charge in [0.25, 0.3) is 0 Å². The molecule has 0 radical (unpaired) electrons. The molecule has 4 saturated carbocycles. The number of aliphatic hydroxyl groups is 6. The van der Waals surface area contributed by atoms with Gasteiger partial charge in [-0.25, -0.2) is 0 Å². The van der Waals surface area contributed by atoms with Crippen LogP contribution < -0.4 is 56.0 Å². The van der Waals surface area contributed by atoms with E-state index in [0.29, 0.717) is 48.5 Å². The van der Waals surface area contributed by atoms with Crippen LogP contribution in [0.25, 0.3) is 11.1 Å². The molecule has 6 aromatic carbocycles. The molecule has 0 unspecified atom stereocenters. The van der Waals surface area contributed by atoms with Crippen molar-refractivity contribution in [2.75, 3.05) is 26.8 Å². The maximum atomic E-state index is 16.8. The average molecular weight is 1760 g/mol. The van der Waals surface area contributed by atoms with E-state index in [0.717, 1.165) is 74.4 Å². The van der Waals surface area contributed by atoms with Gasteiger partial charge in [-0.15, -0.1) is 0 Å². The molecule has 7 heterocycles. The number of hydrogen-bond acceptors (Lipinski definition) is 27. The second-order valence-electron chi connectivity index (χ2n) is 34.6. The van der Waals surface area contributed by atoms with Gasteiger partial charge in [-0.2, -0.15) is 0 Å². The maximum Gasteiger partial charge on any atom is 0.246 e. The van der Waals surface area contributed by atoms with E-state index in [9.17, 15) is 55.5 Å². The number of carbonyl (C=O) groups excluding carboxylic acids is 8. The van der Waals surface area contributed by atoms with Gasteiger partial charge in [0.1, 0.15) is 95.8 Å². The molecule has 34 heteroatoms. The number of rotatable bonds is 21. The van der Waals surface area contributed by atoms with Gasteiger partial charge in [0.2, 0.25) is 41.6 Å². The van der Waals surface area contributed by atoms with E-state index in [1.165, 1.54) is 62.4 Å². The highest BCUT2D eigenvalue weighted by molar-refractivity contribution is 7.98. The second-order valence-corrected chi connectivity index (χ2v) is 36.3. The lowest BCUT2D eigenvalue weighted by atomic mass is 9.51. The third-order valence-electron chi connectivity index (χ3n) is 25.3. The van der Waals surface area contributed by atoms with Crippen molar-refractivity contribution in [2.45, 2.75) is 214 Å². The zero-order valence-electron chi connectivity index (χ0n) is 68.6. The monoisotopic (exact) mass is 1760 g/mol. The Hall–Kier alpha value is -9.23. The van der Waals surface area contributed by atoms with Gasteiger partial charge in [-0.05, 0) is 220 Å². The Kier molecular flexibility index (Phi) is 27.7. The fourth-order valence-electron chi connectivity index (χ4n) is 19.0. The zero-order valence-corrected chi connectivity index (χ0v) is 70.9. The second kappa shape index (κ2) is 37.9. The van der Waals surface area contributed by atoms with Crippen molar-refractivity contribution in [3.63, 3.8) is 0 Å². The van der Waals surface area contributed by atoms with E-state index < -0.39 is 216 Å². The third-order valence-corrected chi connectivity index (χ3v) is 26.7. The molecule has 4 aliphatic carbocycles. The first-order chi connectivity index (χ1) is 58.6. The number of aliphatic hydroxyl groups excluding tert-OH is 6. The van der Waals surface area contributed by atoms with E-state index in [4.69, 9.17) is 62.1 Å². The maximum absolute atomic E-state index is 16.8. The quantitative estimate of drug-likeness (QED) is 0.0237. The number of halogens is 2. The lowest BCUT2D eigenvalue weighted by Crippen LogP contribution is -2.64. The first-order valence-corrected chi connectivity index (χ1v) is 43.3. The van der Waals surface area contributed by atoms with E-state index in [1.807, 2.05) is 13.8 Å². The molecule has 6 fully saturated rings. The minimum Gasteiger partial charge on any atom is -0.508 e. The Labute approximate surface area is 724 Å². The summed E-state index contributed by atoms with van der Waals surface area (Å²) < 4.78 is 47.9. The number of fused-ring (bicyclic) bond motifs is 15. The number of benzene rings is 6. The molecule has 18 atom stereocenters. The standard InChI is InChI=1S/C89H105Cl2N7O24S/c1-7-43(20-39(2)3)84(112)96-75-62(103)29-50(32-70(106)98-123-53-13-11-52(12-14-53)116-19-18-93-6)85(113)94-73-49-30-67(118-65-16-9-45(77(75)107)27-58(65)90)81(122-88-82(80(110)79(109)69(38-99)120-88)121-71-37-89(5,92)83(111)40(4)117-71)68(31-49)119-66-17-10-46(28-59(66)91)78(108)76-87(115)95-74(64(105)35-54-47-22-41-21-42(24-47)25-48(54)23-41)57-33-51(100)34-61(102)72(57)56-26-44(8-15-60(56)101)55(36-63(73)104)86(114)97-76/h8-17,26-28,30-31,33-34,39-43,47-48,50,54-55,69,71,73-80,82-83,88,93,99-102,107-111H,7,18-25,29,32,35-38,92H2,1-6H3,(H,94,113)(H,95,115)(H,96,112)(H,97,114)(H,98,106)/t40-,41?,42?,43-,47?,48?,50-,54?,55-,69+,71-,73+,74-,75-,76+,77+,78-,79-,80-,82-,83+,88-,89-/m0/s1. The molecule has 15 bridgehead atoms. The smallest absolute Gasteiger partial charge is 0.246 e. The normalized spacial score (nSPS) is 30.8. The average Bonchev–Trinajstić information content (AvgIpc) is 0.756. The number of ketones is 3. The van der Waals surface area contributed by atoms with Crippen LogP contribution in [0.1, 0.15) is 170 Å². The van der Waals surface area contributed by atoms with Crippen molar-refractivity contribution >= 4 is 82.0 Å². The minimum atomic E-state index is -2.19. The molecule has 5 amide bonds. The SMILES string of the molecule is CC[C@@H](CC(C)C)C(=O)N[C@H]1C(=O)C[C@@H](CC(=O)NSc2ccc(OCCNC)cc2)C(=O)N[C@H]2C(=O)C[C@@H]3C(=O)N[C@@H](C(=O)N[C@H](C(=O)CC4C5CC6CC(C5)CC4C6)c4cc(O)cc(O)c4-c4cc3ccc4O)[C@@H](O)c3ccc(c(Cl)c3)Oc3cc2cc(c3O[C@@H]2O[C@H](CO)[C@H](O)[C@H](O)[C@@H]2O[C@H]2C[C@](C)(N)[C@H](O)[C@H](C)O2)Oc2ccc(cc2Cl)[C@H]1O. The van der Waals surface area contributed by atoms with E-state index >= 15 is 28.8 Å². The summed E-state index contributed by atoms with van der Waals surface area (Å²) >= 11 is 15.4. The van der Waals surface area contributed by atoms with Crippen LogP contribution in [-0.4, -0.2) is 186 Å². The van der Waals surface area contributed by atoms with Crippen molar-refractivity contribution < 1.29 is 117 Å². The van der Waals surface area contributed by atoms with Gasteiger partial charge in [0.05, 0.1) is 40.7 Å². The Balaban J connectivity index is 0.959. The van der Waals surface area contributed by atoms with Crippen molar-refractivity contribution in [1.82, 2.24) is 31.3 Å². The Bertz CT molecular complexity index is 4960. The molecule has 31 nitrogen and oxygen atoms in total. The molecule has 0 spiro atoms. The molecule has 2 saturated heterocycles. The minimum absolute atomic E-state index is 0.0251. The zero-order chi connectivity index (χ0) is 87.9. The Morgan fingerprint density at radius 1 is 0.707 bits per heavy atom. The first-order valence-electron chi connectivity index (χ1n) is 41.7. The number of ether oxygens (including phenoxy) is 7. The van der Waals surface area contributed by atoms with E-state index in [1.54, 1.807) is 38.2 Å². The van der Waals surface area contributed by atoms with Crippen molar-refractivity contribution in [1.29, 1.82) is 0 Å². The number of Topliss-reactive ketones (excluding diaryl/α,β-unsaturated/α-hetero) is 3. The molecule has 660 valence electrons. The van der Waals surface area contributed by atoms with Crippen LogP contribution in [0.5, 0.6) is 51.7 Å². The summed E-state index contributed by atoms with van der Waals surface area (Å²) in [7, 11) is 1.77. The number of carbonyl (C=O) groups is 8. The molecule has 11 aliphatic rings. The summed E-state index contributed by atoms with van der Waals surface area (Å²) in [4.78, 5) is 126. The van der Waals surface area contributed by atoms with Crippen molar-refractivity contribution in [2.24, 2.45) is 53.1 Å². The molecule has 123 heavy (non-hydrogen) atoms. The summed E-state index contributed by atoms with van der Waals surface area (Å²) in [5.41, 5.74) is 3.76. The summed E-state index contributed by atoms with van der Waals surface area (Å²) in [6, 6.07) is 14.3. The van der Waals surface area contributed by atoms with Crippen molar-refractivity contribution in [3.8, 4) is 62.9 Å². The summed E-state index contributed by atoms with van der Waals surface area (Å²) in [5.74, 6) is -14.5. The Morgan fingerprint density at radius 2 is 1.36 bits per heavy atom. The van der Waals surface area contributed by atoms with Crippen LogP contribution in [0.4, 0.5) is 0 Å². The molecule has 0 aromatic heterocycles. The van der Waals surface area contributed by atoms with Crippen LogP contribution in [0.15, 0.2) is 108 Å². The van der Waals surface area contributed by atoms with E-state index in [-0.39, 0.29) is 97.0 Å². The Morgan fingerprint density at radius 3 is 1.98 bits per heavy atom. The number of phenols is 3. The fourth-order valence-corrected chi connectivity index (χ4v) is 20.1. The largest absolute Gasteiger partial charge is 0.508 e. The highest BCUT2D eigenvalue weighted by Gasteiger charge is 2.53. The number of likely N-dealkylation sites (N-methyl/N-ethyl adjacent to an activating group) is 1. The summed E-state index contributed by atoms with van der Waals surface area (Å²) in [6.07, 6.45) is -14.9. The van der Waals surface area contributed by atoms with Gasteiger partial charge < -0.3 is 111 Å². The highest BCUT2D eigenvalue weighted by Crippen LogP contribution is 2.59. The number of phenolic OH excluding ortho intramolecular Hbond substituents is 3. The summed E-state index contributed by atoms with van der Waals surface area (Å²) in [5, 5.41) is 121. The number of amides is 5. The van der Waals surface area contributed by atoms with E-state index in [2.05, 4.69) is 31.3 Å². The van der Waals surface area contributed by atoms with Crippen LogP contribution in [0, 0.1) is 47.3 Å².